The fraction of sp³-hybridized carbons (Fsp3) is 0.350. The summed E-state index contributed by atoms with van der Waals surface area (Å²) >= 11 is 0. The van der Waals surface area contributed by atoms with E-state index in [2.05, 4.69) is 20.5 Å². The molecule has 2 N–H and O–H groups in total. The molecule has 3 rings (SSSR count). The zero-order valence-corrected chi connectivity index (χ0v) is 15.6. The molecule has 1 aromatic heterocycles. The van der Waals surface area contributed by atoms with E-state index >= 15 is 0 Å². The molecule has 1 aromatic carbocycles. The van der Waals surface area contributed by atoms with Gasteiger partial charge in [0.25, 0.3) is 5.91 Å². The molecule has 0 atom stereocenters. The summed E-state index contributed by atoms with van der Waals surface area (Å²) in [6, 6.07) is 8.66. The van der Waals surface area contributed by atoms with Crippen molar-refractivity contribution < 1.29 is 14.3 Å². The lowest BCUT2D eigenvalue weighted by molar-refractivity contribution is -0.114. The lowest BCUT2D eigenvalue weighted by atomic mass is 10.1. The van der Waals surface area contributed by atoms with Crippen LogP contribution in [0.2, 0.25) is 0 Å². The Kier molecular flexibility index (Phi) is 5.90. The molecule has 1 aliphatic rings. The second kappa shape index (κ2) is 8.53. The van der Waals surface area contributed by atoms with Crippen molar-refractivity contribution in [3.05, 3.63) is 42.1 Å². The van der Waals surface area contributed by atoms with Crippen molar-refractivity contribution in [3.63, 3.8) is 0 Å². The number of methoxy groups -OCH3 is 1. The second-order valence-electron chi connectivity index (χ2n) is 6.47. The van der Waals surface area contributed by atoms with Gasteiger partial charge in [0, 0.05) is 38.0 Å². The number of piperidine rings is 1. The van der Waals surface area contributed by atoms with Gasteiger partial charge in [-0.3, -0.25) is 9.59 Å². The summed E-state index contributed by atoms with van der Waals surface area (Å²) in [6.45, 7) is 3.26. The average molecular weight is 368 g/mol. The first-order chi connectivity index (χ1) is 13.1. The highest BCUT2D eigenvalue weighted by atomic mass is 16.5. The molecule has 0 saturated carbocycles. The number of amides is 2. The Balaban J connectivity index is 1.80. The predicted molar refractivity (Wildman–Crippen MR) is 106 cm³/mol. The van der Waals surface area contributed by atoms with Crippen LogP contribution in [-0.2, 0) is 4.79 Å². The Bertz CT molecular complexity index is 832. The molecule has 0 aliphatic carbocycles. The number of benzene rings is 1. The summed E-state index contributed by atoms with van der Waals surface area (Å²) in [4.78, 5) is 30.7. The Morgan fingerprint density at radius 2 is 1.89 bits per heavy atom. The Hall–Kier alpha value is -3.09. The van der Waals surface area contributed by atoms with E-state index in [1.165, 1.54) is 20.5 Å². The Morgan fingerprint density at radius 3 is 2.59 bits per heavy atom. The van der Waals surface area contributed by atoms with Gasteiger partial charge in [-0.1, -0.05) is 0 Å². The van der Waals surface area contributed by atoms with Gasteiger partial charge in [-0.25, -0.2) is 4.98 Å². The van der Waals surface area contributed by atoms with Crippen molar-refractivity contribution in [2.75, 3.05) is 35.7 Å². The van der Waals surface area contributed by atoms with Gasteiger partial charge >= 0.3 is 0 Å². The summed E-state index contributed by atoms with van der Waals surface area (Å²) in [7, 11) is 1.52. The third-order valence-corrected chi connectivity index (χ3v) is 4.46. The van der Waals surface area contributed by atoms with Gasteiger partial charge in [0.2, 0.25) is 5.91 Å². The minimum absolute atomic E-state index is 0.188. The Morgan fingerprint density at radius 1 is 1.11 bits per heavy atom. The number of hydrogen-bond acceptors (Lipinski definition) is 5. The molecule has 1 aliphatic heterocycles. The van der Waals surface area contributed by atoms with Crippen LogP contribution in [0.3, 0.4) is 0 Å². The summed E-state index contributed by atoms with van der Waals surface area (Å²) < 4.78 is 5.31. The van der Waals surface area contributed by atoms with Crippen LogP contribution in [0.1, 0.15) is 36.5 Å². The highest BCUT2D eigenvalue weighted by Gasteiger charge is 2.20. The van der Waals surface area contributed by atoms with E-state index in [9.17, 15) is 9.59 Å². The van der Waals surface area contributed by atoms with Gasteiger partial charge in [-0.15, -0.1) is 0 Å². The first-order valence-corrected chi connectivity index (χ1v) is 9.05. The van der Waals surface area contributed by atoms with Gasteiger partial charge in [0.05, 0.1) is 18.4 Å². The predicted octanol–water partition coefficient (Wildman–Crippen LogP) is 3.29. The third kappa shape index (κ3) is 4.55. The number of anilines is 3. The molecule has 0 bridgehead atoms. The van der Waals surface area contributed by atoms with Crippen LogP contribution in [0.15, 0.2) is 36.5 Å². The van der Waals surface area contributed by atoms with Crippen molar-refractivity contribution in [3.8, 4) is 5.75 Å². The van der Waals surface area contributed by atoms with Gasteiger partial charge in [-0.2, -0.15) is 0 Å². The average Bonchev–Trinajstić information content (AvgIpc) is 2.69. The van der Waals surface area contributed by atoms with E-state index in [4.69, 9.17) is 4.74 Å². The number of rotatable bonds is 5. The summed E-state index contributed by atoms with van der Waals surface area (Å²) in [5.41, 5.74) is 1.68. The maximum absolute atomic E-state index is 12.9. The van der Waals surface area contributed by atoms with Crippen LogP contribution in [0.4, 0.5) is 17.2 Å². The van der Waals surface area contributed by atoms with Crippen LogP contribution in [0.25, 0.3) is 0 Å². The summed E-state index contributed by atoms with van der Waals surface area (Å²) in [6.07, 6.45) is 5.15. The van der Waals surface area contributed by atoms with Crippen LogP contribution in [0.5, 0.6) is 5.75 Å². The van der Waals surface area contributed by atoms with E-state index < -0.39 is 0 Å². The van der Waals surface area contributed by atoms with E-state index in [0.29, 0.717) is 22.7 Å². The van der Waals surface area contributed by atoms with Crippen LogP contribution < -0.4 is 20.3 Å². The maximum Gasteiger partial charge on any atom is 0.259 e. The first kappa shape index (κ1) is 18.7. The van der Waals surface area contributed by atoms with E-state index in [0.717, 1.165) is 31.7 Å². The van der Waals surface area contributed by atoms with Crippen LogP contribution in [0, 0.1) is 0 Å². The molecule has 27 heavy (non-hydrogen) atoms. The first-order valence-electron chi connectivity index (χ1n) is 9.05. The van der Waals surface area contributed by atoms with E-state index in [1.807, 2.05) is 0 Å². The van der Waals surface area contributed by atoms with Crippen molar-refractivity contribution in [2.45, 2.75) is 26.2 Å². The topological polar surface area (TPSA) is 83.6 Å². The molecular formula is C20H24N4O3. The molecular weight excluding hydrogens is 344 g/mol. The molecule has 1 fully saturated rings. The van der Waals surface area contributed by atoms with Gasteiger partial charge in [0.1, 0.15) is 11.6 Å². The van der Waals surface area contributed by atoms with Crippen molar-refractivity contribution in [1.82, 2.24) is 4.98 Å². The minimum atomic E-state index is -0.224. The van der Waals surface area contributed by atoms with Crippen LogP contribution >= 0.6 is 0 Å². The van der Waals surface area contributed by atoms with Crippen molar-refractivity contribution in [2.24, 2.45) is 0 Å². The van der Waals surface area contributed by atoms with Crippen LogP contribution in [-0.4, -0.2) is 37.0 Å². The SMILES string of the molecule is COc1cc(NC(=O)c2cccnc2N2CCCCC2)ccc1NC(C)=O. The molecule has 7 nitrogen and oxygen atoms in total. The molecule has 2 aromatic rings. The highest BCUT2D eigenvalue weighted by Crippen LogP contribution is 2.29. The largest absolute Gasteiger partial charge is 0.494 e. The number of carbonyl (C=O) groups is 2. The molecule has 1 saturated heterocycles. The fourth-order valence-corrected chi connectivity index (χ4v) is 3.19. The smallest absolute Gasteiger partial charge is 0.259 e. The lowest BCUT2D eigenvalue weighted by Crippen LogP contribution is -2.32. The highest BCUT2D eigenvalue weighted by molar-refractivity contribution is 6.07. The van der Waals surface area contributed by atoms with Gasteiger partial charge in [-0.05, 0) is 43.5 Å². The molecule has 7 heteroatoms. The molecule has 0 spiro atoms. The van der Waals surface area contributed by atoms with Crippen molar-refractivity contribution in [1.29, 1.82) is 0 Å². The monoisotopic (exact) mass is 368 g/mol. The van der Waals surface area contributed by atoms with E-state index in [-0.39, 0.29) is 11.8 Å². The summed E-state index contributed by atoms with van der Waals surface area (Å²) in [5.74, 6) is 0.784. The molecule has 2 heterocycles. The van der Waals surface area contributed by atoms with Crippen molar-refractivity contribution >= 4 is 29.0 Å². The maximum atomic E-state index is 12.9. The number of ether oxygens (including phenoxy) is 1. The number of carbonyl (C=O) groups excluding carboxylic acids is 2. The zero-order chi connectivity index (χ0) is 19.2. The van der Waals surface area contributed by atoms with Gasteiger partial charge < -0.3 is 20.3 Å². The number of nitrogens with one attached hydrogen (secondary N) is 2. The third-order valence-electron chi connectivity index (χ3n) is 4.46. The quantitative estimate of drug-likeness (QED) is 0.846. The Labute approximate surface area is 158 Å². The van der Waals surface area contributed by atoms with E-state index in [1.54, 1.807) is 36.5 Å². The standard InChI is InChI=1S/C20H24N4O3/c1-14(25)22-17-9-8-15(13-18(17)27-2)23-20(26)16-7-6-10-21-19(16)24-11-4-3-5-12-24/h6-10,13H,3-5,11-12H2,1-2H3,(H,22,25)(H,23,26). The molecule has 0 unspecified atom stereocenters. The number of nitrogens with zero attached hydrogens (tertiary/aromatic N) is 2. The molecule has 2 amide bonds. The van der Waals surface area contributed by atoms with Gasteiger partial charge in [0.15, 0.2) is 0 Å². The molecule has 142 valence electrons. The second-order valence-corrected chi connectivity index (χ2v) is 6.47. The number of hydrogen-bond donors (Lipinski definition) is 2. The summed E-state index contributed by atoms with van der Waals surface area (Å²) in [5, 5.41) is 5.59. The number of pyridine rings is 1. The normalized spacial score (nSPS) is 13.8. The minimum Gasteiger partial charge on any atom is -0.494 e. The number of aromatic nitrogens is 1. The lowest BCUT2D eigenvalue weighted by Gasteiger charge is -2.29. The fourth-order valence-electron chi connectivity index (χ4n) is 3.19. The molecule has 0 radical (unpaired) electrons. The zero-order valence-electron chi connectivity index (χ0n) is 15.6.